The highest BCUT2D eigenvalue weighted by Crippen LogP contribution is 2.44. The number of aliphatic imine (C=N–C) groups is 1. The van der Waals surface area contributed by atoms with Crippen LogP contribution in [0, 0.1) is 5.92 Å². The van der Waals surface area contributed by atoms with Crippen molar-refractivity contribution in [3.63, 3.8) is 0 Å². The molecule has 1 unspecified atom stereocenters. The third-order valence-electron chi connectivity index (χ3n) is 5.35. The predicted octanol–water partition coefficient (Wildman–Crippen LogP) is 1.29. The number of methoxy groups -OCH3 is 1. The van der Waals surface area contributed by atoms with Gasteiger partial charge < -0.3 is 20.3 Å². The van der Waals surface area contributed by atoms with Crippen LogP contribution in [0.25, 0.3) is 0 Å². The van der Waals surface area contributed by atoms with Crippen molar-refractivity contribution in [3.8, 4) is 5.75 Å². The number of hydrogen-bond acceptors (Lipinski definition) is 5. The molecule has 4 heterocycles. The number of nitrogens with zero attached hydrogens (tertiary/aromatic N) is 3. The number of hydrogen-bond donors (Lipinski definition) is 1. The summed E-state index contributed by atoms with van der Waals surface area (Å²) in [5, 5.41) is 0. The average molecular weight is 286 g/mol. The Morgan fingerprint density at radius 3 is 2.81 bits per heavy atom. The Kier molecular flexibility index (Phi) is 2.85. The van der Waals surface area contributed by atoms with E-state index in [0.717, 1.165) is 24.5 Å². The van der Waals surface area contributed by atoms with Crippen LogP contribution in [0.5, 0.6) is 5.75 Å². The van der Waals surface area contributed by atoms with Crippen molar-refractivity contribution in [1.82, 2.24) is 4.90 Å². The lowest BCUT2D eigenvalue weighted by molar-refractivity contribution is 0.0391. The van der Waals surface area contributed by atoms with Crippen molar-refractivity contribution in [2.75, 3.05) is 38.2 Å². The molecule has 112 valence electrons. The molecule has 21 heavy (non-hydrogen) atoms. The van der Waals surface area contributed by atoms with Gasteiger partial charge in [-0.25, -0.2) is 0 Å². The summed E-state index contributed by atoms with van der Waals surface area (Å²) in [7, 11) is 1.70. The molecular weight excluding hydrogens is 264 g/mol. The van der Waals surface area contributed by atoms with Gasteiger partial charge in [0, 0.05) is 18.3 Å². The molecular formula is C16H22N4O. The van der Waals surface area contributed by atoms with Crippen molar-refractivity contribution in [3.05, 3.63) is 24.3 Å². The summed E-state index contributed by atoms with van der Waals surface area (Å²) < 4.78 is 5.37. The smallest absolute Gasteiger partial charge is 0.196 e. The van der Waals surface area contributed by atoms with E-state index in [-0.39, 0.29) is 5.54 Å². The number of rotatable bonds is 2. The van der Waals surface area contributed by atoms with Gasteiger partial charge in [-0.1, -0.05) is 6.07 Å². The van der Waals surface area contributed by atoms with Crippen molar-refractivity contribution in [1.29, 1.82) is 0 Å². The second-order valence-corrected chi connectivity index (χ2v) is 6.37. The number of nitrogens with two attached hydrogens (primary N) is 1. The van der Waals surface area contributed by atoms with E-state index in [0.29, 0.717) is 11.9 Å². The van der Waals surface area contributed by atoms with E-state index in [4.69, 9.17) is 10.5 Å². The van der Waals surface area contributed by atoms with Crippen molar-refractivity contribution < 1.29 is 4.74 Å². The maximum absolute atomic E-state index is 6.26. The monoisotopic (exact) mass is 286 g/mol. The Morgan fingerprint density at radius 1 is 1.33 bits per heavy atom. The van der Waals surface area contributed by atoms with Gasteiger partial charge in [0.25, 0.3) is 0 Å². The lowest BCUT2D eigenvalue weighted by atomic mass is 9.72. The maximum atomic E-state index is 6.26. The Morgan fingerprint density at radius 2 is 2.14 bits per heavy atom. The summed E-state index contributed by atoms with van der Waals surface area (Å²) in [6.45, 7) is 4.33. The van der Waals surface area contributed by atoms with Gasteiger partial charge in [0.05, 0.1) is 19.2 Å². The molecule has 0 radical (unpaired) electrons. The van der Waals surface area contributed by atoms with Gasteiger partial charge in [0.2, 0.25) is 0 Å². The Labute approximate surface area is 125 Å². The normalized spacial score (nSPS) is 34.3. The van der Waals surface area contributed by atoms with E-state index >= 15 is 0 Å². The van der Waals surface area contributed by atoms with Crippen LogP contribution in [0.4, 0.5) is 5.69 Å². The van der Waals surface area contributed by atoms with E-state index in [1.54, 1.807) is 7.11 Å². The van der Waals surface area contributed by atoms with E-state index in [2.05, 4.69) is 26.9 Å². The number of piperidine rings is 3. The van der Waals surface area contributed by atoms with Crippen LogP contribution in [0.3, 0.4) is 0 Å². The quantitative estimate of drug-likeness (QED) is 0.890. The zero-order valence-corrected chi connectivity index (χ0v) is 12.5. The second-order valence-electron chi connectivity index (χ2n) is 6.37. The summed E-state index contributed by atoms with van der Waals surface area (Å²) in [5.74, 6) is 2.19. The molecule has 1 spiro atoms. The molecule has 4 aliphatic heterocycles. The first-order valence-corrected chi connectivity index (χ1v) is 7.69. The second kappa shape index (κ2) is 4.63. The molecule has 1 atom stereocenters. The predicted molar refractivity (Wildman–Crippen MR) is 83.9 cm³/mol. The molecule has 1 aromatic rings. The third kappa shape index (κ3) is 1.83. The minimum atomic E-state index is 0.0486. The molecule has 1 aromatic carbocycles. The fourth-order valence-electron chi connectivity index (χ4n) is 4.30. The zero-order chi connectivity index (χ0) is 14.4. The number of benzene rings is 1. The molecule has 0 saturated carbocycles. The molecule has 5 heteroatoms. The zero-order valence-electron chi connectivity index (χ0n) is 12.5. The highest BCUT2D eigenvalue weighted by molar-refractivity contribution is 5.98. The molecule has 3 saturated heterocycles. The minimum Gasteiger partial charge on any atom is -0.497 e. The van der Waals surface area contributed by atoms with Gasteiger partial charge in [0.15, 0.2) is 5.96 Å². The Balaban J connectivity index is 1.75. The van der Waals surface area contributed by atoms with Crippen LogP contribution < -0.4 is 15.4 Å². The van der Waals surface area contributed by atoms with E-state index in [9.17, 15) is 0 Å². The van der Waals surface area contributed by atoms with Gasteiger partial charge in [-0.2, -0.15) is 0 Å². The van der Waals surface area contributed by atoms with Gasteiger partial charge >= 0.3 is 0 Å². The van der Waals surface area contributed by atoms with E-state index < -0.39 is 0 Å². The standard InChI is InChI=1S/C16H22N4O/c1-21-14-4-2-3-13(9-14)20-15(17)18-10-16(20)11-19-7-5-12(16)6-8-19/h2-4,9,12H,5-8,10-11H2,1H3,(H2,17,18). The first-order valence-electron chi connectivity index (χ1n) is 7.69. The summed E-state index contributed by atoms with van der Waals surface area (Å²) in [4.78, 5) is 9.42. The van der Waals surface area contributed by atoms with E-state index in [1.807, 2.05) is 12.1 Å². The number of guanidine groups is 1. The van der Waals surface area contributed by atoms with Crippen molar-refractivity contribution in [2.24, 2.45) is 16.6 Å². The summed E-state index contributed by atoms with van der Waals surface area (Å²) in [6, 6.07) is 8.16. The van der Waals surface area contributed by atoms with Gasteiger partial charge in [-0.15, -0.1) is 0 Å². The molecule has 0 amide bonds. The van der Waals surface area contributed by atoms with Crippen LogP contribution >= 0.6 is 0 Å². The topological polar surface area (TPSA) is 54.1 Å². The van der Waals surface area contributed by atoms with E-state index in [1.165, 1.54) is 25.9 Å². The van der Waals surface area contributed by atoms with Crippen LogP contribution in [0.1, 0.15) is 12.8 Å². The number of fused-ring (bicyclic) bond motifs is 2. The summed E-state index contributed by atoms with van der Waals surface area (Å²) >= 11 is 0. The molecule has 5 rings (SSSR count). The first kappa shape index (κ1) is 13.0. The fourth-order valence-corrected chi connectivity index (χ4v) is 4.30. The van der Waals surface area contributed by atoms with Crippen molar-refractivity contribution >= 4 is 11.6 Å². The molecule has 3 fully saturated rings. The first-order chi connectivity index (χ1) is 10.2. The third-order valence-corrected chi connectivity index (χ3v) is 5.35. The van der Waals surface area contributed by atoms with Gasteiger partial charge in [0.1, 0.15) is 5.75 Å². The fraction of sp³-hybridized carbons (Fsp3) is 0.562. The SMILES string of the molecule is COc1cccc(N2C(N)=NCC23CN2CCC3CC2)c1. The highest BCUT2D eigenvalue weighted by Gasteiger charge is 2.54. The van der Waals surface area contributed by atoms with Crippen molar-refractivity contribution in [2.45, 2.75) is 18.4 Å². The molecule has 4 aliphatic rings. The van der Waals surface area contributed by atoms with Gasteiger partial charge in [-0.3, -0.25) is 4.99 Å². The summed E-state index contributed by atoms with van der Waals surface area (Å²) in [5.41, 5.74) is 7.40. The molecule has 0 aromatic heterocycles. The average Bonchev–Trinajstić information content (AvgIpc) is 2.85. The van der Waals surface area contributed by atoms with Crippen LogP contribution in [0.15, 0.2) is 29.3 Å². The lowest BCUT2D eigenvalue weighted by Gasteiger charge is -2.55. The molecule has 5 nitrogen and oxygen atoms in total. The maximum Gasteiger partial charge on any atom is 0.196 e. The largest absolute Gasteiger partial charge is 0.497 e. The number of anilines is 1. The Hall–Kier alpha value is -1.75. The van der Waals surface area contributed by atoms with Crippen LogP contribution in [-0.2, 0) is 0 Å². The molecule has 2 N–H and O–H groups in total. The minimum absolute atomic E-state index is 0.0486. The molecule has 2 bridgehead atoms. The highest BCUT2D eigenvalue weighted by atomic mass is 16.5. The van der Waals surface area contributed by atoms with Gasteiger partial charge in [-0.05, 0) is 44.0 Å². The molecule has 0 aliphatic carbocycles. The summed E-state index contributed by atoms with van der Waals surface area (Å²) in [6.07, 6.45) is 2.51. The van der Waals surface area contributed by atoms with Crippen LogP contribution in [-0.4, -0.2) is 49.7 Å². The number of ether oxygens (including phenoxy) is 1. The lowest BCUT2D eigenvalue weighted by Crippen LogP contribution is -2.68. The Bertz CT molecular complexity index is 579. The van der Waals surface area contributed by atoms with Crippen LogP contribution in [0.2, 0.25) is 0 Å².